The van der Waals surface area contributed by atoms with E-state index in [1.165, 1.54) is 12.1 Å². The van der Waals surface area contributed by atoms with Crippen molar-refractivity contribution >= 4 is 50.0 Å². The smallest absolute Gasteiger partial charge is 0.262 e. The lowest BCUT2D eigenvalue weighted by Crippen LogP contribution is -2.37. The van der Waals surface area contributed by atoms with Crippen LogP contribution in [0.2, 0.25) is 5.02 Å². The van der Waals surface area contributed by atoms with Crippen LogP contribution in [0, 0.1) is 17.1 Å². The highest BCUT2D eigenvalue weighted by atomic mass is 35.5. The van der Waals surface area contributed by atoms with Crippen LogP contribution in [-0.4, -0.2) is 42.3 Å². The van der Waals surface area contributed by atoms with Crippen molar-refractivity contribution in [1.29, 1.82) is 5.26 Å². The zero-order valence-corrected chi connectivity index (χ0v) is 14.5. The fourth-order valence-corrected chi connectivity index (χ4v) is 6.76. The van der Waals surface area contributed by atoms with E-state index < -0.39 is 27.6 Å². The van der Waals surface area contributed by atoms with Crippen molar-refractivity contribution in [3.63, 3.8) is 0 Å². The highest BCUT2D eigenvalue weighted by molar-refractivity contribution is 8.16. The molecule has 0 saturated carbocycles. The maximum atomic E-state index is 13.8. The summed E-state index contributed by atoms with van der Waals surface area (Å²) in [6.45, 7) is 0. The fraction of sp³-hybridized carbons (Fsp3) is 0.357. The van der Waals surface area contributed by atoms with Crippen molar-refractivity contribution in [1.82, 2.24) is 0 Å². The Morgan fingerprint density at radius 2 is 2.25 bits per heavy atom. The monoisotopic (exact) mass is 387 g/mol. The molecule has 0 radical (unpaired) electrons. The molecule has 0 spiro atoms. The first-order valence-corrected chi connectivity index (χ1v) is 9.98. The Balaban J connectivity index is 2.03. The molecule has 126 valence electrons. The van der Waals surface area contributed by atoms with Crippen LogP contribution in [0.4, 0.5) is 10.1 Å². The Kier molecular flexibility index (Phi) is 4.55. The first-order chi connectivity index (χ1) is 11.3. The number of carbonyl (C=O) groups excluding carboxylic acids is 1. The molecule has 10 heteroatoms. The number of fused-ring (bicyclic) bond motifs is 1. The maximum absolute atomic E-state index is 13.8. The van der Waals surface area contributed by atoms with Crippen LogP contribution in [-0.2, 0) is 14.6 Å². The molecular formula is C14H11ClFN3O3S2. The number of nitriles is 1. The lowest BCUT2D eigenvalue weighted by molar-refractivity contribution is -0.116. The predicted octanol–water partition coefficient (Wildman–Crippen LogP) is 1.99. The van der Waals surface area contributed by atoms with Gasteiger partial charge in [-0.15, -0.1) is 0 Å². The number of benzene rings is 1. The van der Waals surface area contributed by atoms with Gasteiger partial charge < -0.3 is 4.90 Å². The lowest BCUT2D eigenvalue weighted by atomic mass is 10.2. The first-order valence-electron chi connectivity index (χ1n) is 6.90. The van der Waals surface area contributed by atoms with Gasteiger partial charge in [0.25, 0.3) is 5.91 Å². The third kappa shape index (κ3) is 3.27. The van der Waals surface area contributed by atoms with Crippen LogP contribution in [0.25, 0.3) is 0 Å². The Morgan fingerprint density at radius 1 is 1.50 bits per heavy atom. The van der Waals surface area contributed by atoms with Crippen molar-refractivity contribution in [2.75, 3.05) is 16.4 Å². The average Bonchev–Trinajstić information content (AvgIpc) is 2.93. The van der Waals surface area contributed by atoms with Crippen molar-refractivity contribution in [2.45, 2.75) is 17.7 Å². The van der Waals surface area contributed by atoms with Crippen LogP contribution in [0.3, 0.4) is 0 Å². The number of hydrogen-bond acceptors (Lipinski definition) is 5. The molecule has 2 saturated heterocycles. The molecule has 0 unspecified atom stereocenters. The Morgan fingerprint density at radius 3 is 2.92 bits per heavy atom. The van der Waals surface area contributed by atoms with E-state index in [2.05, 4.69) is 4.99 Å². The van der Waals surface area contributed by atoms with Gasteiger partial charge in [-0.2, -0.15) is 10.3 Å². The second kappa shape index (κ2) is 6.35. The Bertz CT molecular complexity index is 882. The number of sulfone groups is 1. The molecule has 2 atom stereocenters. The zero-order valence-electron chi connectivity index (χ0n) is 12.1. The molecule has 3 rings (SSSR count). The molecular weight excluding hydrogens is 377 g/mol. The summed E-state index contributed by atoms with van der Waals surface area (Å²) in [6.07, 6.45) is -0.374. The third-order valence-corrected chi connectivity index (χ3v) is 7.21. The van der Waals surface area contributed by atoms with Gasteiger partial charge in [-0.3, -0.25) is 4.79 Å². The minimum absolute atomic E-state index is 0.0274. The number of rotatable bonds is 2. The van der Waals surface area contributed by atoms with Gasteiger partial charge in [-0.25, -0.2) is 12.8 Å². The zero-order chi connectivity index (χ0) is 17.5. The second-order valence-corrected chi connectivity index (χ2v) is 9.16. The molecule has 0 aromatic heterocycles. The van der Waals surface area contributed by atoms with Crippen LogP contribution in [0.5, 0.6) is 0 Å². The highest BCUT2D eigenvalue weighted by Gasteiger charge is 2.49. The van der Waals surface area contributed by atoms with E-state index in [0.717, 1.165) is 11.8 Å². The molecule has 2 aliphatic heterocycles. The topological polar surface area (TPSA) is 90.6 Å². The van der Waals surface area contributed by atoms with Gasteiger partial charge in [0.15, 0.2) is 15.0 Å². The summed E-state index contributed by atoms with van der Waals surface area (Å²) in [6, 6.07) is 5.37. The molecule has 1 aromatic carbocycles. The van der Waals surface area contributed by atoms with Gasteiger partial charge in [-0.1, -0.05) is 23.4 Å². The fourth-order valence-electron chi connectivity index (χ4n) is 2.72. The van der Waals surface area contributed by atoms with Crippen LogP contribution >= 0.6 is 23.4 Å². The maximum Gasteiger partial charge on any atom is 0.262 e. The molecule has 2 aliphatic rings. The number of carbonyl (C=O) groups is 1. The minimum atomic E-state index is -3.20. The SMILES string of the molecule is N#CCC(=O)N=C1S[C@@H]2CS(=O)(=O)C[C@H]2N1c1ccc(Cl)c(F)c1. The number of nitrogens with zero attached hydrogens (tertiary/aromatic N) is 3. The number of anilines is 1. The Labute approximate surface area is 147 Å². The molecule has 6 nitrogen and oxygen atoms in total. The van der Waals surface area contributed by atoms with E-state index in [4.69, 9.17) is 16.9 Å². The number of aliphatic imine (C=N–C) groups is 1. The van der Waals surface area contributed by atoms with Gasteiger partial charge in [0, 0.05) is 10.9 Å². The van der Waals surface area contributed by atoms with Crippen molar-refractivity contribution < 1.29 is 17.6 Å². The van der Waals surface area contributed by atoms with Crippen LogP contribution in [0.1, 0.15) is 6.42 Å². The highest BCUT2D eigenvalue weighted by Crippen LogP contribution is 2.41. The van der Waals surface area contributed by atoms with E-state index in [1.54, 1.807) is 17.0 Å². The number of thioether (sulfide) groups is 1. The van der Waals surface area contributed by atoms with Crippen molar-refractivity contribution in [3.05, 3.63) is 29.0 Å². The van der Waals surface area contributed by atoms with E-state index in [-0.39, 0.29) is 33.4 Å². The number of hydrogen-bond donors (Lipinski definition) is 0. The molecule has 24 heavy (non-hydrogen) atoms. The quantitative estimate of drug-likeness (QED) is 0.770. The van der Waals surface area contributed by atoms with Gasteiger partial charge in [0.1, 0.15) is 12.2 Å². The van der Waals surface area contributed by atoms with Gasteiger partial charge in [0.2, 0.25) is 0 Å². The largest absolute Gasteiger partial charge is 0.315 e. The summed E-state index contributed by atoms with van der Waals surface area (Å²) in [5.41, 5.74) is 0.373. The molecule has 1 aromatic rings. The number of amides is 1. The molecule has 2 fully saturated rings. The van der Waals surface area contributed by atoms with Crippen LogP contribution < -0.4 is 4.90 Å². The lowest BCUT2D eigenvalue weighted by Gasteiger charge is -2.24. The van der Waals surface area contributed by atoms with Gasteiger partial charge >= 0.3 is 0 Å². The second-order valence-electron chi connectivity index (χ2n) is 5.39. The summed E-state index contributed by atoms with van der Waals surface area (Å²) < 4.78 is 37.6. The minimum Gasteiger partial charge on any atom is -0.315 e. The molecule has 0 N–H and O–H groups in total. The van der Waals surface area contributed by atoms with Gasteiger partial charge in [0.05, 0.1) is 28.6 Å². The van der Waals surface area contributed by atoms with E-state index in [9.17, 15) is 17.6 Å². The average molecular weight is 388 g/mol. The summed E-state index contributed by atoms with van der Waals surface area (Å²) in [5.74, 6) is -1.39. The standard InChI is InChI=1S/C14H11ClFN3O3S2/c15-9-2-1-8(5-10(9)16)19-11-6-24(21,22)7-12(11)23-14(19)18-13(20)3-4-17/h1-2,5,11-12H,3,6-7H2/t11-,12-/m1/s1. The molecule has 0 aliphatic carbocycles. The predicted molar refractivity (Wildman–Crippen MR) is 90.4 cm³/mol. The number of halogens is 2. The van der Waals surface area contributed by atoms with E-state index >= 15 is 0 Å². The summed E-state index contributed by atoms with van der Waals surface area (Å²) in [5, 5.41) is 8.52. The van der Waals surface area contributed by atoms with Crippen LogP contribution in [0.15, 0.2) is 23.2 Å². The number of amidine groups is 1. The summed E-state index contributed by atoms with van der Waals surface area (Å²) >= 11 is 6.85. The molecule has 2 heterocycles. The summed E-state index contributed by atoms with van der Waals surface area (Å²) in [7, 11) is -3.20. The van der Waals surface area contributed by atoms with E-state index in [1.807, 2.05) is 0 Å². The van der Waals surface area contributed by atoms with Crippen molar-refractivity contribution in [2.24, 2.45) is 4.99 Å². The van der Waals surface area contributed by atoms with E-state index in [0.29, 0.717) is 5.69 Å². The van der Waals surface area contributed by atoms with Gasteiger partial charge in [-0.05, 0) is 18.2 Å². The summed E-state index contributed by atoms with van der Waals surface area (Å²) in [4.78, 5) is 17.1. The Hall–Kier alpha value is -1.63. The third-order valence-electron chi connectivity index (χ3n) is 3.70. The van der Waals surface area contributed by atoms with Crippen molar-refractivity contribution in [3.8, 4) is 6.07 Å². The first kappa shape index (κ1) is 17.2. The molecule has 1 amide bonds. The normalized spacial score (nSPS) is 26.4. The molecule has 0 bridgehead atoms.